The molecule has 0 spiro atoms. The molecule has 1 saturated heterocycles. The number of carbonyl (C=O) groups is 3. The van der Waals surface area contributed by atoms with E-state index < -0.39 is 41.6 Å². The van der Waals surface area contributed by atoms with E-state index in [0.29, 0.717) is 28.8 Å². The first-order valence-corrected chi connectivity index (χ1v) is 13.8. The number of carboxylic acid groups (broad SMARTS) is 1. The maximum atomic E-state index is 13.8. The van der Waals surface area contributed by atoms with E-state index in [1.807, 2.05) is 39.0 Å². The minimum atomic E-state index is -1.15. The molecule has 2 bridgehead atoms. The highest BCUT2D eigenvalue weighted by Gasteiger charge is 2.47. The first-order chi connectivity index (χ1) is 18.5. The van der Waals surface area contributed by atoms with Crippen LogP contribution in [-0.2, 0) is 20.7 Å². The molecule has 1 saturated carbocycles. The van der Waals surface area contributed by atoms with Crippen molar-refractivity contribution in [2.45, 2.75) is 90.0 Å². The molecule has 0 unspecified atom stereocenters. The molecule has 1 aliphatic carbocycles. The largest absolute Gasteiger partial charge is 0.507 e. The van der Waals surface area contributed by atoms with Crippen LogP contribution in [0.4, 0.5) is 4.79 Å². The van der Waals surface area contributed by atoms with Crippen LogP contribution in [0.3, 0.4) is 0 Å². The molecular formula is C29H37N3O7. The fourth-order valence-corrected chi connectivity index (χ4v) is 5.71. The van der Waals surface area contributed by atoms with Crippen LogP contribution < -0.4 is 10.1 Å². The summed E-state index contributed by atoms with van der Waals surface area (Å²) in [6.45, 7) is 5.46. The van der Waals surface area contributed by atoms with Gasteiger partial charge >= 0.3 is 12.1 Å². The molecule has 2 aromatic rings. The number of hydrogen-bond donors (Lipinski definition) is 3. The van der Waals surface area contributed by atoms with Crippen LogP contribution in [0, 0.1) is 11.3 Å². The molecule has 1 aromatic carbocycles. The molecular weight excluding hydrogens is 502 g/mol. The van der Waals surface area contributed by atoms with Crippen molar-refractivity contribution in [3.63, 3.8) is 0 Å². The molecule has 2 aliphatic heterocycles. The second-order valence-corrected chi connectivity index (χ2v) is 12.1. The number of nitrogens with zero attached hydrogens (tertiary/aromatic N) is 2. The number of pyridine rings is 1. The van der Waals surface area contributed by atoms with Crippen molar-refractivity contribution >= 4 is 28.9 Å². The van der Waals surface area contributed by atoms with Crippen molar-refractivity contribution in [3.8, 4) is 11.6 Å². The van der Waals surface area contributed by atoms with Crippen molar-refractivity contribution in [3.05, 3.63) is 29.8 Å². The van der Waals surface area contributed by atoms with Crippen LogP contribution >= 0.6 is 0 Å². The number of aromatic hydroxyl groups is 1. The zero-order valence-electron chi connectivity index (χ0n) is 22.7. The predicted molar refractivity (Wildman–Crippen MR) is 143 cm³/mol. The SMILES string of the molecule is CC(C)(C)[C@@H]1NC(=O)O[C@@H]2C[C@H]2CCCCCc2c(nc3ccccc3c2O)O[C@@H]2C[C@@H](C(=O)O)N(C2)C1=O. The van der Waals surface area contributed by atoms with Gasteiger partial charge in [0.25, 0.3) is 0 Å². The van der Waals surface area contributed by atoms with Gasteiger partial charge in [0.15, 0.2) is 0 Å². The van der Waals surface area contributed by atoms with Crippen LogP contribution in [0.1, 0.15) is 64.9 Å². The molecule has 3 heterocycles. The van der Waals surface area contributed by atoms with E-state index in [2.05, 4.69) is 10.3 Å². The number of benzene rings is 1. The number of nitrogens with one attached hydrogen (secondary N) is 1. The lowest BCUT2D eigenvalue weighted by molar-refractivity contribution is -0.150. The molecule has 10 nitrogen and oxygen atoms in total. The standard InChI is InChI=1S/C29H37N3O7/c1-29(2,3)24-26(34)32-15-17(14-21(32)27(35)36)38-25-19(23(33)18-10-7-8-12-20(18)30-25)11-6-4-5-9-16-13-22(16)39-28(37)31-24/h7-8,10,12,16-17,21-22,24H,4-6,9,11,13-15H2,1-3H3,(H,30,33)(H,31,37)(H,35,36)/t16-,17-,21+,22-,24-/m1/s1. The van der Waals surface area contributed by atoms with Crippen molar-refractivity contribution < 1.29 is 34.1 Å². The summed E-state index contributed by atoms with van der Waals surface area (Å²) in [5, 5.41) is 24.5. The molecule has 1 aromatic heterocycles. The van der Waals surface area contributed by atoms with Crippen LogP contribution in [0.15, 0.2) is 24.3 Å². The number of alkyl carbamates (subject to hydrolysis) is 1. The zero-order valence-corrected chi connectivity index (χ0v) is 22.7. The van der Waals surface area contributed by atoms with E-state index in [4.69, 9.17) is 9.47 Å². The predicted octanol–water partition coefficient (Wildman–Crippen LogP) is 4.02. The van der Waals surface area contributed by atoms with Crippen LogP contribution in [0.2, 0.25) is 0 Å². The number of para-hydroxylation sites is 1. The lowest BCUT2D eigenvalue weighted by atomic mass is 9.85. The lowest BCUT2D eigenvalue weighted by Crippen LogP contribution is -2.57. The van der Waals surface area contributed by atoms with Crippen molar-refractivity contribution in [2.75, 3.05) is 6.54 Å². The number of hydrogen-bond acceptors (Lipinski definition) is 7. The van der Waals surface area contributed by atoms with Crippen LogP contribution in [0.5, 0.6) is 11.6 Å². The van der Waals surface area contributed by atoms with Gasteiger partial charge in [-0.25, -0.2) is 14.6 Å². The number of ether oxygens (including phenoxy) is 2. The Kier molecular flexibility index (Phi) is 7.31. The fourth-order valence-electron chi connectivity index (χ4n) is 5.71. The second kappa shape index (κ2) is 10.5. The number of aliphatic carboxylic acids is 1. The van der Waals surface area contributed by atoms with Crippen LogP contribution in [0.25, 0.3) is 10.9 Å². The van der Waals surface area contributed by atoms with E-state index in [9.17, 15) is 24.6 Å². The third-order valence-electron chi connectivity index (χ3n) is 8.03. The van der Waals surface area contributed by atoms with Gasteiger partial charge in [-0.2, -0.15) is 0 Å². The van der Waals surface area contributed by atoms with E-state index in [-0.39, 0.29) is 30.7 Å². The third kappa shape index (κ3) is 5.74. The van der Waals surface area contributed by atoms with Crippen LogP contribution in [-0.4, -0.2) is 68.9 Å². The third-order valence-corrected chi connectivity index (χ3v) is 8.03. The lowest BCUT2D eigenvalue weighted by Gasteiger charge is -2.34. The van der Waals surface area contributed by atoms with Crippen molar-refractivity contribution in [1.29, 1.82) is 0 Å². The average Bonchev–Trinajstić information content (AvgIpc) is 3.45. The summed E-state index contributed by atoms with van der Waals surface area (Å²) in [6.07, 6.45) is 3.56. The smallest absolute Gasteiger partial charge is 0.408 e. The highest BCUT2D eigenvalue weighted by Crippen LogP contribution is 2.40. The van der Waals surface area contributed by atoms with Gasteiger partial charge in [0.1, 0.15) is 30.0 Å². The van der Waals surface area contributed by atoms with Crippen molar-refractivity contribution in [1.82, 2.24) is 15.2 Å². The number of aromatic nitrogens is 1. The second-order valence-electron chi connectivity index (χ2n) is 12.1. The Balaban J connectivity index is 1.49. The number of rotatable bonds is 1. The van der Waals surface area contributed by atoms with E-state index in [1.165, 1.54) is 4.90 Å². The normalized spacial score (nSPS) is 28.3. The maximum Gasteiger partial charge on any atom is 0.408 e. The summed E-state index contributed by atoms with van der Waals surface area (Å²) in [4.78, 5) is 44.7. The fraction of sp³-hybridized carbons (Fsp3) is 0.586. The van der Waals surface area contributed by atoms with Crippen molar-refractivity contribution in [2.24, 2.45) is 11.3 Å². The Morgan fingerprint density at radius 3 is 2.62 bits per heavy atom. The number of carboxylic acids is 1. The molecule has 210 valence electrons. The Labute approximate surface area is 227 Å². The Hall–Kier alpha value is -3.56. The molecule has 0 radical (unpaired) electrons. The van der Waals surface area contributed by atoms with Gasteiger partial charge in [0.2, 0.25) is 11.8 Å². The minimum absolute atomic E-state index is 0.0124. The van der Waals surface area contributed by atoms with Gasteiger partial charge in [-0.15, -0.1) is 0 Å². The summed E-state index contributed by atoms with van der Waals surface area (Å²) >= 11 is 0. The quantitative estimate of drug-likeness (QED) is 0.494. The van der Waals surface area contributed by atoms with E-state index in [0.717, 1.165) is 32.1 Å². The molecule has 3 aliphatic rings. The first-order valence-electron chi connectivity index (χ1n) is 13.8. The Bertz CT molecular complexity index is 1270. The Morgan fingerprint density at radius 1 is 1.10 bits per heavy atom. The minimum Gasteiger partial charge on any atom is -0.507 e. The molecule has 5 atom stereocenters. The monoisotopic (exact) mass is 539 g/mol. The topological polar surface area (TPSA) is 138 Å². The van der Waals surface area contributed by atoms with Gasteiger partial charge in [-0.3, -0.25) is 4.79 Å². The van der Waals surface area contributed by atoms with E-state index >= 15 is 0 Å². The molecule has 39 heavy (non-hydrogen) atoms. The maximum absolute atomic E-state index is 13.8. The number of amides is 2. The highest BCUT2D eigenvalue weighted by atomic mass is 16.6. The molecule has 2 amide bonds. The summed E-state index contributed by atoms with van der Waals surface area (Å²) in [5.41, 5.74) is 0.478. The molecule has 3 N–H and O–H groups in total. The molecule has 5 rings (SSSR count). The zero-order chi connectivity index (χ0) is 27.9. The summed E-state index contributed by atoms with van der Waals surface area (Å²) in [7, 11) is 0. The number of fused-ring (bicyclic) bond motifs is 5. The van der Waals surface area contributed by atoms with Gasteiger partial charge in [-0.1, -0.05) is 45.7 Å². The van der Waals surface area contributed by atoms with Gasteiger partial charge < -0.3 is 29.9 Å². The van der Waals surface area contributed by atoms with Gasteiger partial charge in [-0.05, 0) is 49.1 Å². The highest BCUT2D eigenvalue weighted by molar-refractivity contribution is 5.90. The summed E-state index contributed by atoms with van der Waals surface area (Å²) in [5.74, 6) is -0.959. The molecule has 2 fully saturated rings. The molecule has 10 heteroatoms. The summed E-state index contributed by atoms with van der Waals surface area (Å²) < 4.78 is 11.9. The van der Waals surface area contributed by atoms with E-state index in [1.54, 1.807) is 6.07 Å². The Morgan fingerprint density at radius 2 is 1.87 bits per heavy atom. The summed E-state index contributed by atoms with van der Waals surface area (Å²) in [6, 6.07) is 5.16. The van der Waals surface area contributed by atoms with Gasteiger partial charge in [0.05, 0.1) is 17.6 Å². The average molecular weight is 540 g/mol. The van der Waals surface area contributed by atoms with Gasteiger partial charge in [0, 0.05) is 11.8 Å². The number of carbonyl (C=O) groups excluding carboxylic acids is 2. The first kappa shape index (κ1) is 27.0.